The number of aromatic amines is 1. The summed E-state index contributed by atoms with van der Waals surface area (Å²) in [6.07, 6.45) is 2.03. The SMILES string of the molecule is c1cc(C2SCCS2)c2cc[nH]c2c1. The molecule has 72 valence electrons. The number of aromatic nitrogens is 1. The van der Waals surface area contributed by atoms with E-state index in [1.54, 1.807) is 0 Å². The van der Waals surface area contributed by atoms with E-state index >= 15 is 0 Å². The smallest absolute Gasteiger partial charge is 0.0758 e. The maximum atomic E-state index is 3.26. The number of H-pyrrole nitrogens is 1. The highest BCUT2D eigenvalue weighted by molar-refractivity contribution is 8.19. The molecule has 0 bridgehead atoms. The lowest BCUT2D eigenvalue weighted by Crippen LogP contribution is -1.85. The van der Waals surface area contributed by atoms with Crippen molar-refractivity contribution in [1.29, 1.82) is 0 Å². The molecule has 0 aliphatic carbocycles. The summed E-state index contributed by atoms with van der Waals surface area (Å²) < 4.78 is 0.648. The first-order valence-electron chi connectivity index (χ1n) is 4.74. The van der Waals surface area contributed by atoms with E-state index in [2.05, 4.69) is 52.8 Å². The van der Waals surface area contributed by atoms with Crippen LogP contribution in [-0.4, -0.2) is 16.5 Å². The minimum Gasteiger partial charge on any atom is -0.361 e. The van der Waals surface area contributed by atoms with Crippen molar-refractivity contribution in [3.63, 3.8) is 0 Å². The Morgan fingerprint density at radius 2 is 2.00 bits per heavy atom. The first-order valence-corrected chi connectivity index (χ1v) is 6.84. The van der Waals surface area contributed by atoms with E-state index in [4.69, 9.17) is 0 Å². The van der Waals surface area contributed by atoms with Crippen LogP contribution in [-0.2, 0) is 0 Å². The summed E-state index contributed by atoms with van der Waals surface area (Å²) in [5.41, 5.74) is 2.74. The van der Waals surface area contributed by atoms with E-state index in [0.29, 0.717) is 4.58 Å². The van der Waals surface area contributed by atoms with E-state index in [1.807, 2.05) is 6.20 Å². The molecule has 0 atom stereocenters. The summed E-state index contributed by atoms with van der Waals surface area (Å²) in [5, 5.41) is 1.39. The number of hydrogen-bond acceptors (Lipinski definition) is 2. The fourth-order valence-corrected chi connectivity index (χ4v) is 4.78. The molecule has 1 aliphatic heterocycles. The van der Waals surface area contributed by atoms with Gasteiger partial charge >= 0.3 is 0 Å². The third-order valence-electron chi connectivity index (χ3n) is 2.50. The molecule has 1 aromatic heterocycles. The van der Waals surface area contributed by atoms with Gasteiger partial charge in [-0.3, -0.25) is 0 Å². The third kappa shape index (κ3) is 1.35. The molecule has 0 saturated carbocycles. The highest BCUT2D eigenvalue weighted by atomic mass is 32.2. The molecule has 1 aromatic carbocycles. The van der Waals surface area contributed by atoms with E-state index in [-0.39, 0.29) is 0 Å². The first kappa shape index (κ1) is 8.74. The quantitative estimate of drug-likeness (QED) is 0.791. The van der Waals surface area contributed by atoms with Crippen LogP contribution < -0.4 is 0 Å². The van der Waals surface area contributed by atoms with Gasteiger partial charge in [0.2, 0.25) is 0 Å². The summed E-state index contributed by atoms with van der Waals surface area (Å²) in [6.45, 7) is 0. The molecule has 0 radical (unpaired) electrons. The zero-order chi connectivity index (χ0) is 9.38. The van der Waals surface area contributed by atoms with E-state index in [1.165, 1.54) is 28.0 Å². The van der Waals surface area contributed by atoms with Gasteiger partial charge in [-0.15, -0.1) is 23.5 Å². The van der Waals surface area contributed by atoms with E-state index in [9.17, 15) is 0 Å². The van der Waals surface area contributed by atoms with Crippen molar-refractivity contribution in [2.45, 2.75) is 4.58 Å². The standard InChI is InChI=1S/C11H11NS2/c1-2-9(11-13-6-7-14-11)8-4-5-12-10(8)3-1/h1-5,11-12H,6-7H2. The first-order chi connectivity index (χ1) is 6.95. The molecule has 2 aromatic rings. The lowest BCUT2D eigenvalue weighted by Gasteiger charge is -2.09. The number of benzene rings is 1. The van der Waals surface area contributed by atoms with Crippen LogP contribution in [0.1, 0.15) is 10.1 Å². The van der Waals surface area contributed by atoms with Gasteiger partial charge in [-0.25, -0.2) is 0 Å². The Kier molecular flexibility index (Phi) is 2.22. The van der Waals surface area contributed by atoms with Crippen LogP contribution in [0.2, 0.25) is 0 Å². The number of hydrogen-bond donors (Lipinski definition) is 1. The van der Waals surface area contributed by atoms with E-state index in [0.717, 1.165) is 0 Å². The van der Waals surface area contributed by atoms with Crippen LogP contribution in [0.5, 0.6) is 0 Å². The van der Waals surface area contributed by atoms with Crippen molar-refractivity contribution < 1.29 is 0 Å². The molecular weight excluding hydrogens is 210 g/mol. The van der Waals surface area contributed by atoms with Crippen LogP contribution in [0.15, 0.2) is 30.5 Å². The number of nitrogens with one attached hydrogen (secondary N) is 1. The summed E-state index contributed by atoms with van der Waals surface area (Å²) in [5.74, 6) is 2.58. The van der Waals surface area contributed by atoms with Crippen molar-refractivity contribution in [1.82, 2.24) is 4.98 Å². The molecule has 0 spiro atoms. The van der Waals surface area contributed by atoms with Crippen LogP contribution in [0, 0.1) is 0 Å². The van der Waals surface area contributed by atoms with Crippen molar-refractivity contribution >= 4 is 34.4 Å². The Labute approximate surface area is 91.7 Å². The van der Waals surface area contributed by atoms with Crippen molar-refractivity contribution in [3.8, 4) is 0 Å². The Bertz CT molecular complexity index is 443. The molecule has 0 amide bonds. The normalized spacial score (nSPS) is 18.0. The number of rotatable bonds is 1. The van der Waals surface area contributed by atoms with Gasteiger partial charge in [-0.1, -0.05) is 12.1 Å². The van der Waals surface area contributed by atoms with Crippen LogP contribution >= 0.6 is 23.5 Å². The molecule has 1 saturated heterocycles. The summed E-state index contributed by atoms with van der Waals surface area (Å²) in [4.78, 5) is 3.26. The molecule has 1 aliphatic rings. The maximum absolute atomic E-state index is 3.26. The summed E-state index contributed by atoms with van der Waals surface area (Å²) >= 11 is 4.13. The fourth-order valence-electron chi connectivity index (χ4n) is 1.85. The molecule has 0 unspecified atom stereocenters. The van der Waals surface area contributed by atoms with Gasteiger partial charge < -0.3 is 4.98 Å². The largest absolute Gasteiger partial charge is 0.361 e. The molecule has 1 fully saturated rings. The lowest BCUT2D eigenvalue weighted by atomic mass is 10.1. The van der Waals surface area contributed by atoms with Crippen molar-refractivity contribution in [2.75, 3.05) is 11.5 Å². The van der Waals surface area contributed by atoms with Gasteiger partial charge in [-0.05, 0) is 17.7 Å². The topological polar surface area (TPSA) is 15.8 Å². The van der Waals surface area contributed by atoms with Crippen LogP contribution in [0.3, 0.4) is 0 Å². The maximum Gasteiger partial charge on any atom is 0.0758 e. The van der Waals surface area contributed by atoms with Gasteiger partial charge in [-0.2, -0.15) is 0 Å². The second kappa shape index (κ2) is 3.55. The minimum absolute atomic E-state index is 0.648. The average molecular weight is 221 g/mol. The summed E-state index contributed by atoms with van der Waals surface area (Å²) in [6, 6.07) is 8.73. The zero-order valence-corrected chi connectivity index (χ0v) is 9.33. The summed E-state index contributed by atoms with van der Waals surface area (Å²) in [7, 11) is 0. The lowest BCUT2D eigenvalue weighted by molar-refractivity contribution is 1.43. The number of thioether (sulfide) groups is 2. The van der Waals surface area contributed by atoms with Crippen LogP contribution in [0.25, 0.3) is 10.9 Å². The molecule has 3 rings (SSSR count). The molecule has 1 N–H and O–H groups in total. The predicted molar refractivity (Wildman–Crippen MR) is 66.0 cm³/mol. The highest BCUT2D eigenvalue weighted by Gasteiger charge is 2.19. The molecular formula is C11H11NS2. The monoisotopic (exact) mass is 221 g/mol. The van der Waals surface area contributed by atoms with Gasteiger partial charge in [0.15, 0.2) is 0 Å². The molecule has 3 heteroatoms. The molecule has 2 heterocycles. The van der Waals surface area contributed by atoms with Gasteiger partial charge in [0.1, 0.15) is 0 Å². The Balaban J connectivity index is 2.14. The Morgan fingerprint density at radius 3 is 2.86 bits per heavy atom. The number of fused-ring (bicyclic) bond motifs is 1. The van der Waals surface area contributed by atoms with Crippen molar-refractivity contribution in [3.05, 3.63) is 36.0 Å². The Hall–Kier alpha value is -0.540. The Morgan fingerprint density at radius 1 is 1.14 bits per heavy atom. The third-order valence-corrected chi connectivity index (χ3v) is 5.57. The second-order valence-corrected chi connectivity index (χ2v) is 6.08. The van der Waals surface area contributed by atoms with E-state index < -0.39 is 0 Å². The second-order valence-electron chi connectivity index (χ2n) is 3.36. The van der Waals surface area contributed by atoms with Crippen molar-refractivity contribution in [2.24, 2.45) is 0 Å². The minimum atomic E-state index is 0.648. The van der Waals surface area contributed by atoms with Gasteiger partial charge in [0.25, 0.3) is 0 Å². The predicted octanol–water partition coefficient (Wildman–Crippen LogP) is 3.65. The fraction of sp³-hybridized carbons (Fsp3) is 0.273. The highest BCUT2D eigenvalue weighted by Crippen LogP contribution is 2.47. The van der Waals surface area contributed by atoms with Crippen LogP contribution in [0.4, 0.5) is 0 Å². The van der Waals surface area contributed by atoms with Gasteiger partial charge in [0.05, 0.1) is 4.58 Å². The average Bonchev–Trinajstić information content (AvgIpc) is 2.88. The molecule has 1 nitrogen and oxygen atoms in total. The zero-order valence-electron chi connectivity index (χ0n) is 7.69. The molecule has 14 heavy (non-hydrogen) atoms. The van der Waals surface area contributed by atoms with Gasteiger partial charge in [0, 0.05) is 28.6 Å².